The van der Waals surface area contributed by atoms with E-state index in [1.807, 2.05) is 0 Å². The van der Waals surface area contributed by atoms with Crippen LogP contribution in [0.1, 0.15) is 0 Å². The molecule has 0 saturated heterocycles. The number of anilines is 2. The Morgan fingerprint density at radius 2 is 1.86 bits per heavy atom. The van der Waals surface area contributed by atoms with Crippen LogP contribution in [0, 0.1) is 5.82 Å². The Kier molecular flexibility index (Phi) is 5.87. The first-order valence-electron chi connectivity index (χ1n) is 7.99. The van der Waals surface area contributed by atoms with Crippen LogP contribution in [0.2, 0.25) is 0 Å². The normalized spacial score (nSPS) is 11.1. The molecule has 0 radical (unpaired) electrons. The Bertz CT molecular complexity index is 1010. The number of alkyl halides is 3. The average molecular weight is 427 g/mol. The number of carbonyl (C=O) groups excluding carboxylic acids is 1. The topological polar surface area (TPSA) is 63.7 Å². The van der Waals surface area contributed by atoms with Gasteiger partial charge in [-0.1, -0.05) is 23.5 Å². The van der Waals surface area contributed by atoms with Gasteiger partial charge in [0, 0.05) is 24.9 Å². The number of amides is 2. The first kappa shape index (κ1) is 20.4. The number of halogens is 4. The van der Waals surface area contributed by atoms with E-state index in [1.54, 1.807) is 6.07 Å². The van der Waals surface area contributed by atoms with Gasteiger partial charge in [0.15, 0.2) is 5.13 Å². The minimum atomic E-state index is -4.83. The molecule has 3 aromatic rings. The SMILES string of the molecule is CN(C(=O)Nc1ncc(Oc2cccc(F)c2)s1)c1cccc(OC(F)(F)F)c1. The predicted octanol–water partition coefficient (Wildman–Crippen LogP) is 5.64. The molecule has 0 aliphatic heterocycles. The Morgan fingerprint density at radius 3 is 2.59 bits per heavy atom. The van der Waals surface area contributed by atoms with Gasteiger partial charge in [0.25, 0.3) is 0 Å². The van der Waals surface area contributed by atoms with Crippen molar-refractivity contribution < 1.29 is 31.8 Å². The monoisotopic (exact) mass is 427 g/mol. The average Bonchev–Trinajstić information content (AvgIpc) is 3.06. The predicted molar refractivity (Wildman–Crippen MR) is 99.1 cm³/mol. The maximum atomic E-state index is 13.2. The number of hydrogen-bond donors (Lipinski definition) is 1. The number of thiazole rings is 1. The van der Waals surface area contributed by atoms with Gasteiger partial charge in [-0.2, -0.15) is 0 Å². The van der Waals surface area contributed by atoms with Crippen molar-refractivity contribution in [3.05, 3.63) is 60.5 Å². The number of nitrogens with zero attached hydrogens (tertiary/aromatic N) is 2. The van der Waals surface area contributed by atoms with Crippen molar-refractivity contribution in [2.24, 2.45) is 0 Å². The number of benzene rings is 2. The minimum absolute atomic E-state index is 0.178. The zero-order chi connectivity index (χ0) is 21.0. The fraction of sp³-hybridized carbons (Fsp3) is 0.111. The third-order valence-electron chi connectivity index (χ3n) is 3.46. The van der Waals surface area contributed by atoms with Crippen molar-refractivity contribution in [3.63, 3.8) is 0 Å². The minimum Gasteiger partial charge on any atom is -0.445 e. The van der Waals surface area contributed by atoms with E-state index in [1.165, 1.54) is 43.6 Å². The molecular formula is C18H13F4N3O3S. The van der Waals surface area contributed by atoms with Crippen LogP contribution in [0.25, 0.3) is 0 Å². The zero-order valence-corrected chi connectivity index (χ0v) is 15.6. The molecule has 1 aromatic heterocycles. The number of aromatic nitrogens is 1. The molecule has 0 atom stereocenters. The lowest BCUT2D eigenvalue weighted by atomic mass is 10.3. The Balaban J connectivity index is 1.64. The summed E-state index contributed by atoms with van der Waals surface area (Å²) in [6.45, 7) is 0. The van der Waals surface area contributed by atoms with E-state index in [2.05, 4.69) is 15.0 Å². The highest BCUT2D eigenvalue weighted by Gasteiger charge is 2.31. The second-order valence-corrected chi connectivity index (χ2v) is 6.57. The van der Waals surface area contributed by atoms with Crippen LogP contribution in [0.4, 0.5) is 33.2 Å². The van der Waals surface area contributed by atoms with Crippen molar-refractivity contribution in [2.45, 2.75) is 6.36 Å². The number of rotatable bonds is 5. The van der Waals surface area contributed by atoms with Crippen LogP contribution in [0.15, 0.2) is 54.7 Å². The van der Waals surface area contributed by atoms with Crippen molar-refractivity contribution >= 4 is 28.2 Å². The molecule has 6 nitrogen and oxygen atoms in total. The molecule has 0 unspecified atom stereocenters. The van der Waals surface area contributed by atoms with Gasteiger partial charge in [-0.3, -0.25) is 10.2 Å². The van der Waals surface area contributed by atoms with E-state index in [9.17, 15) is 22.4 Å². The fourth-order valence-corrected chi connectivity index (χ4v) is 2.87. The molecule has 11 heteroatoms. The van der Waals surface area contributed by atoms with Gasteiger partial charge in [0.1, 0.15) is 17.3 Å². The Hall–Kier alpha value is -3.34. The number of hydrogen-bond acceptors (Lipinski definition) is 5. The van der Waals surface area contributed by atoms with Crippen LogP contribution >= 0.6 is 11.3 Å². The second-order valence-electron chi connectivity index (χ2n) is 5.58. The van der Waals surface area contributed by atoms with Crippen molar-refractivity contribution in [2.75, 3.05) is 17.3 Å². The highest BCUT2D eigenvalue weighted by atomic mass is 32.1. The largest absolute Gasteiger partial charge is 0.573 e. The van der Waals surface area contributed by atoms with Gasteiger partial charge in [-0.15, -0.1) is 13.2 Å². The number of nitrogens with one attached hydrogen (secondary N) is 1. The van der Waals surface area contributed by atoms with Gasteiger partial charge >= 0.3 is 12.4 Å². The smallest absolute Gasteiger partial charge is 0.445 e. The lowest BCUT2D eigenvalue weighted by Gasteiger charge is -2.18. The third kappa shape index (κ3) is 5.82. The van der Waals surface area contributed by atoms with Gasteiger partial charge in [-0.25, -0.2) is 14.2 Å². The van der Waals surface area contributed by atoms with Crippen molar-refractivity contribution in [1.82, 2.24) is 4.98 Å². The standard InChI is InChI=1S/C18H13F4N3O3S/c1-25(12-5-3-7-14(9-12)28-18(20,21)22)17(26)24-16-23-10-15(29-16)27-13-6-2-4-11(19)8-13/h2-10H,1H3,(H,23,24,26). The summed E-state index contributed by atoms with van der Waals surface area (Å²) < 4.78 is 59.5. The molecule has 0 spiro atoms. The van der Waals surface area contributed by atoms with Crippen LogP contribution < -0.4 is 19.7 Å². The first-order valence-corrected chi connectivity index (χ1v) is 8.81. The summed E-state index contributed by atoms with van der Waals surface area (Å²) in [5.74, 6) is -0.640. The van der Waals surface area contributed by atoms with E-state index in [0.29, 0.717) is 5.06 Å². The van der Waals surface area contributed by atoms with E-state index in [4.69, 9.17) is 4.74 Å². The highest BCUT2D eigenvalue weighted by molar-refractivity contribution is 7.17. The van der Waals surface area contributed by atoms with Gasteiger partial charge < -0.3 is 9.47 Å². The molecule has 0 saturated carbocycles. The molecule has 0 aliphatic rings. The van der Waals surface area contributed by atoms with Gasteiger partial charge in [0.05, 0.1) is 6.20 Å². The lowest BCUT2D eigenvalue weighted by molar-refractivity contribution is -0.274. The molecule has 1 heterocycles. The van der Waals surface area contributed by atoms with Gasteiger partial charge in [0.2, 0.25) is 5.06 Å². The summed E-state index contributed by atoms with van der Waals surface area (Å²) in [5, 5.41) is 3.01. The molecule has 0 aliphatic carbocycles. The molecule has 29 heavy (non-hydrogen) atoms. The fourth-order valence-electron chi connectivity index (χ4n) is 2.19. The maximum Gasteiger partial charge on any atom is 0.573 e. The summed E-state index contributed by atoms with van der Waals surface area (Å²) >= 11 is 0.998. The van der Waals surface area contributed by atoms with E-state index < -0.39 is 24.0 Å². The summed E-state index contributed by atoms with van der Waals surface area (Å²) in [4.78, 5) is 17.4. The molecule has 0 fully saturated rings. The summed E-state index contributed by atoms with van der Waals surface area (Å²) in [6, 6.07) is 9.85. The number of urea groups is 1. The summed E-state index contributed by atoms with van der Waals surface area (Å²) in [7, 11) is 1.37. The van der Waals surface area contributed by atoms with E-state index >= 15 is 0 Å². The number of ether oxygens (including phenoxy) is 2. The van der Waals surface area contributed by atoms with Crippen LogP contribution in [0.5, 0.6) is 16.6 Å². The third-order valence-corrected chi connectivity index (χ3v) is 4.25. The molecular weight excluding hydrogens is 414 g/mol. The molecule has 1 N–H and O–H groups in total. The second kappa shape index (κ2) is 8.35. The molecule has 0 bridgehead atoms. The highest BCUT2D eigenvalue weighted by Crippen LogP contribution is 2.31. The quantitative estimate of drug-likeness (QED) is 0.535. The lowest BCUT2D eigenvalue weighted by Crippen LogP contribution is -2.31. The Morgan fingerprint density at radius 1 is 1.14 bits per heavy atom. The van der Waals surface area contributed by atoms with Crippen LogP contribution in [-0.4, -0.2) is 24.4 Å². The first-order chi connectivity index (χ1) is 13.7. The zero-order valence-electron chi connectivity index (χ0n) is 14.7. The summed E-state index contributed by atoms with van der Waals surface area (Å²) in [5.41, 5.74) is 0.178. The van der Waals surface area contributed by atoms with Gasteiger partial charge in [-0.05, 0) is 24.3 Å². The molecule has 2 amide bonds. The summed E-state index contributed by atoms with van der Waals surface area (Å²) in [6.07, 6.45) is -3.48. The Labute approximate surface area is 166 Å². The molecule has 3 rings (SSSR count). The number of carbonyl (C=O) groups is 1. The van der Waals surface area contributed by atoms with E-state index in [-0.39, 0.29) is 16.6 Å². The van der Waals surface area contributed by atoms with Crippen molar-refractivity contribution in [3.8, 4) is 16.6 Å². The maximum absolute atomic E-state index is 13.2. The molecule has 2 aromatic carbocycles. The van der Waals surface area contributed by atoms with Crippen molar-refractivity contribution in [1.29, 1.82) is 0 Å². The molecule has 152 valence electrons. The van der Waals surface area contributed by atoms with E-state index in [0.717, 1.165) is 28.4 Å². The van der Waals surface area contributed by atoms with Crippen LogP contribution in [-0.2, 0) is 0 Å². The van der Waals surface area contributed by atoms with Crippen LogP contribution in [0.3, 0.4) is 0 Å².